The maximum atomic E-state index is 13.8. The Hall–Kier alpha value is -1.72. The van der Waals surface area contributed by atoms with Crippen molar-refractivity contribution in [2.75, 3.05) is 11.9 Å². The van der Waals surface area contributed by atoms with Gasteiger partial charge in [0, 0.05) is 28.3 Å². The largest absolute Gasteiger partial charge is 0.325 e. The van der Waals surface area contributed by atoms with Crippen LogP contribution in [0.15, 0.2) is 53.0 Å². The number of hydrogen-bond donors (Lipinski definition) is 1. The molecule has 0 aromatic heterocycles. The maximum Gasteiger partial charge on any atom is 0.238 e. The minimum absolute atomic E-state index is 0.0775. The number of nitrogens with zero attached hydrogens (tertiary/aromatic N) is 1. The normalized spacial score (nSPS) is 14.0. The van der Waals surface area contributed by atoms with Crippen LogP contribution >= 0.6 is 15.9 Å². The zero-order valence-corrected chi connectivity index (χ0v) is 14.2. The predicted octanol–water partition coefficient (Wildman–Crippen LogP) is 4.19. The zero-order chi connectivity index (χ0) is 16.2. The van der Waals surface area contributed by atoms with Gasteiger partial charge in [-0.3, -0.25) is 9.69 Å². The molecule has 1 aliphatic carbocycles. The van der Waals surface area contributed by atoms with Crippen LogP contribution in [-0.4, -0.2) is 23.4 Å². The van der Waals surface area contributed by atoms with Crippen LogP contribution in [0.5, 0.6) is 0 Å². The molecule has 3 nitrogen and oxygen atoms in total. The highest BCUT2D eigenvalue weighted by atomic mass is 79.9. The van der Waals surface area contributed by atoms with E-state index in [0.29, 0.717) is 18.2 Å². The molecule has 0 unspecified atom stereocenters. The van der Waals surface area contributed by atoms with Crippen LogP contribution in [0.4, 0.5) is 10.1 Å². The third-order valence-electron chi connectivity index (χ3n) is 3.85. The van der Waals surface area contributed by atoms with Crippen molar-refractivity contribution in [1.29, 1.82) is 0 Å². The second-order valence-corrected chi connectivity index (χ2v) is 6.70. The highest BCUT2D eigenvalue weighted by molar-refractivity contribution is 9.10. The smallest absolute Gasteiger partial charge is 0.238 e. The Morgan fingerprint density at radius 2 is 2.00 bits per heavy atom. The van der Waals surface area contributed by atoms with Crippen molar-refractivity contribution < 1.29 is 9.18 Å². The van der Waals surface area contributed by atoms with Crippen molar-refractivity contribution in [3.8, 4) is 0 Å². The monoisotopic (exact) mass is 376 g/mol. The van der Waals surface area contributed by atoms with Gasteiger partial charge < -0.3 is 5.32 Å². The van der Waals surface area contributed by atoms with Gasteiger partial charge in [-0.05, 0) is 37.1 Å². The Balaban J connectivity index is 1.63. The van der Waals surface area contributed by atoms with Crippen LogP contribution in [0.3, 0.4) is 0 Å². The average Bonchev–Trinajstić information content (AvgIpc) is 3.33. The lowest BCUT2D eigenvalue weighted by molar-refractivity contribution is -0.117. The maximum absolute atomic E-state index is 13.8. The second-order valence-electron chi connectivity index (χ2n) is 5.79. The number of hydrogen-bond acceptors (Lipinski definition) is 2. The summed E-state index contributed by atoms with van der Waals surface area (Å²) in [6, 6.07) is 14.6. The molecule has 0 heterocycles. The van der Waals surface area contributed by atoms with E-state index in [4.69, 9.17) is 0 Å². The summed E-state index contributed by atoms with van der Waals surface area (Å²) in [5.41, 5.74) is 1.39. The number of anilines is 1. The summed E-state index contributed by atoms with van der Waals surface area (Å²) < 4.78 is 14.7. The third-order valence-corrected chi connectivity index (χ3v) is 4.34. The summed E-state index contributed by atoms with van der Waals surface area (Å²) in [6.45, 7) is 0.731. The van der Waals surface area contributed by atoms with Crippen LogP contribution < -0.4 is 5.32 Å². The molecule has 1 aliphatic rings. The molecule has 0 radical (unpaired) electrons. The fourth-order valence-electron chi connectivity index (χ4n) is 2.55. The van der Waals surface area contributed by atoms with Gasteiger partial charge in [0.2, 0.25) is 5.91 Å². The van der Waals surface area contributed by atoms with Crippen molar-refractivity contribution in [2.45, 2.75) is 25.4 Å². The highest BCUT2D eigenvalue weighted by Crippen LogP contribution is 2.28. The van der Waals surface area contributed by atoms with Crippen LogP contribution in [-0.2, 0) is 11.3 Å². The van der Waals surface area contributed by atoms with Gasteiger partial charge in [0.1, 0.15) is 5.82 Å². The zero-order valence-electron chi connectivity index (χ0n) is 12.6. The van der Waals surface area contributed by atoms with Gasteiger partial charge in [-0.15, -0.1) is 0 Å². The Bertz CT molecular complexity index is 703. The van der Waals surface area contributed by atoms with E-state index >= 15 is 0 Å². The highest BCUT2D eigenvalue weighted by Gasteiger charge is 2.30. The first-order valence-electron chi connectivity index (χ1n) is 7.65. The van der Waals surface area contributed by atoms with E-state index in [-0.39, 0.29) is 18.3 Å². The van der Waals surface area contributed by atoms with Gasteiger partial charge in [-0.25, -0.2) is 4.39 Å². The Kier molecular flexibility index (Phi) is 5.08. The number of carbonyl (C=O) groups excluding carboxylic acids is 1. The minimum Gasteiger partial charge on any atom is -0.325 e. The fourth-order valence-corrected chi connectivity index (χ4v) is 2.95. The molecule has 0 atom stereocenters. The molecular formula is C18H18BrFN2O. The Labute approximate surface area is 143 Å². The van der Waals surface area contributed by atoms with Crippen molar-refractivity contribution >= 4 is 27.5 Å². The predicted molar refractivity (Wildman–Crippen MR) is 92.6 cm³/mol. The summed E-state index contributed by atoms with van der Waals surface area (Å²) >= 11 is 3.38. The summed E-state index contributed by atoms with van der Waals surface area (Å²) in [4.78, 5) is 14.3. The van der Waals surface area contributed by atoms with Gasteiger partial charge in [0.25, 0.3) is 0 Å². The van der Waals surface area contributed by atoms with E-state index in [2.05, 4.69) is 21.2 Å². The summed E-state index contributed by atoms with van der Waals surface area (Å²) in [5, 5.41) is 2.89. The lowest BCUT2D eigenvalue weighted by atomic mass is 10.2. The average molecular weight is 377 g/mol. The number of rotatable bonds is 6. The van der Waals surface area contributed by atoms with E-state index in [1.807, 2.05) is 35.2 Å². The Morgan fingerprint density at radius 1 is 1.22 bits per heavy atom. The summed E-state index contributed by atoms with van der Waals surface area (Å²) in [5.74, 6) is -0.295. The summed E-state index contributed by atoms with van der Waals surface area (Å²) in [7, 11) is 0. The Morgan fingerprint density at radius 3 is 2.70 bits per heavy atom. The molecule has 23 heavy (non-hydrogen) atoms. The molecule has 1 saturated carbocycles. The second kappa shape index (κ2) is 7.23. The molecule has 1 N–H and O–H groups in total. The van der Waals surface area contributed by atoms with Gasteiger partial charge in [-0.2, -0.15) is 0 Å². The molecule has 0 bridgehead atoms. The van der Waals surface area contributed by atoms with Crippen LogP contribution in [0.1, 0.15) is 18.4 Å². The van der Waals surface area contributed by atoms with Crippen molar-refractivity contribution in [3.63, 3.8) is 0 Å². The van der Waals surface area contributed by atoms with Gasteiger partial charge >= 0.3 is 0 Å². The summed E-state index contributed by atoms with van der Waals surface area (Å²) in [6.07, 6.45) is 2.14. The van der Waals surface area contributed by atoms with Crippen LogP contribution in [0.25, 0.3) is 0 Å². The molecule has 0 spiro atoms. The molecule has 120 valence electrons. The fraction of sp³-hybridized carbons (Fsp3) is 0.278. The minimum atomic E-state index is -0.217. The van der Waals surface area contributed by atoms with E-state index < -0.39 is 0 Å². The van der Waals surface area contributed by atoms with E-state index in [9.17, 15) is 9.18 Å². The first-order valence-corrected chi connectivity index (χ1v) is 8.44. The lowest BCUT2D eigenvalue weighted by Crippen LogP contribution is -2.34. The number of benzene rings is 2. The number of amides is 1. The molecule has 2 aromatic carbocycles. The van der Waals surface area contributed by atoms with Crippen molar-refractivity contribution in [2.24, 2.45) is 0 Å². The molecule has 0 saturated heterocycles. The lowest BCUT2D eigenvalue weighted by Gasteiger charge is -2.21. The molecular weight excluding hydrogens is 359 g/mol. The SMILES string of the molecule is O=C(CN(Cc1ccccc1F)C1CC1)Nc1cccc(Br)c1. The number of carbonyl (C=O) groups is 1. The third kappa shape index (κ3) is 4.62. The van der Waals surface area contributed by atoms with E-state index in [0.717, 1.165) is 23.0 Å². The number of nitrogens with one attached hydrogen (secondary N) is 1. The standard InChI is InChI=1S/C18H18BrFN2O/c19-14-5-3-6-15(10-14)21-18(23)12-22(16-8-9-16)11-13-4-1-2-7-17(13)20/h1-7,10,16H,8-9,11-12H2,(H,21,23). The molecule has 1 amide bonds. The number of halogens is 2. The van der Waals surface area contributed by atoms with Crippen molar-refractivity contribution in [1.82, 2.24) is 4.90 Å². The topological polar surface area (TPSA) is 32.3 Å². The molecule has 5 heteroatoms. The van der Waals surface area contributed by atoms with Gasteiger partial charge in [0.05, 0.1) is 6.54 Å². The van der Waals surface area contributed by atoms with Crippen molar-refractivity contribution in [3.05, 3.63) is 64.4 Å². The van der Waals surface area contributed by atoms with Crippen LogP contribution in [0, 0.1) is 5.82 Å². The van der Waals surface area contributed by atoms with E-state index in [1.54, 1.807) is 12.1 Å². The van der Waals surface area contributed by atoms with Gasteiger partial charge in [0.15, 0.2) is 0 Å². The first kappa shape index (κ1) is 16.1. The quantitative estimate of drug-likeness (QED) is 0.819. The van der Waals surface area contributed by atoms with Gasteiger partial charge in [-0.1, -0.05) is 40.2 Å². The molecule has 1 fully saturated rings. The van der Waals surface area contributed by atoms with Crippen LogP contribution in [0.2, 0.25) is 0 Å². The molecule has 3 rings (SSSR count). The molecule has 0 aliphatic heterocycles. The molecule has 2 aromatic rings. The first-order chi connectivity index (χ1) is 11.1. The van der Waals surface area contributed by atoms with E-state index in [1.165, 1.54) is 6.07 Å².